The summed E-state index contributed by atoms with van der Waals surface area (Å²) in [5.41, 5.74) is 0.304. The molecule has 1 spiro atoms. The molecule has 6 nitrogen and oxygen atoms in total. The molecule has 104 valence electrons. The molecule has 1 aliphatic carbocycles. The van der Waals surface area contributed by atoms with Crippen LogP contribution in [0.4, 0.5) is 0 Å². The molecule has 2 fully saturated rings. The fourth-order valence-corrected chi connectivity index (χ4v) is 3.06. The second-order valence-electron chi connectivity index (χ2n) is 5.64. The van der Waals surface area contributed by atoms with E-state index >= 15 is 0 Å². The van der Waals surface area contributed by atoms with Crippen molar-refractivity contribution >= 4 is 5.91 Å². The van der Waals surface area contributed by atoms with Crippen molar-refractivity contribution < 1.29 is 9.32 Å². The van der Waals surface area contributed by atoms with Gasteiger partial charge in [-0.15, -0.1) is 0 Å². The highest BCUT2D eigenvalue weighted by Gasteiger charge is 2.57. The summed E-state index contributed by atoms with van der Waals surface area (Å²) in [6.07, 6.45) is 3.95. The van der Waals surface area contributed by atoms with Gasteiger partial charge in [-0.05, 0) is 37.8 Å². The first kappa shape index (κ1) is 12.6. The fraction of sp³-hybridized carbons (Fsp3) is 0.769. The molecule has 0 radical (unpaired) electrons. The summed E-state index contributed by atoms with van der Waals surface area (Å²) < 4.78 is 4.89. The first-order chi connectivity index (χ1) is 9.20. The molecule has 1 aromatic rings. The average Bonchev–Trinajstić information content (AvgIpc) is 2.93. The predicted molar refractivity (Wildman–Crippen MR) is 68.4 cm³/mol. The van der Waals surface area contributed by atoms with E-state index < -0.39 is 0 Å². The van der Waals surface area contributed by atoms with Gasteiger partial charge in [0.05, 0.1) is 0 Å². The Balaban J connectivity index is 1.43. The summed E-state index contributed by atoms with van der Waals surface area (Å²) in [6, 6.07) is 0. The predicted octanol–water partition coefficient (Wildman–Crippen LogP) is 0.426. The highest BCUT2D eigenvalue weighted by atomic mass is 16.5. The number of nitrogens with zero attached hydrogens (tertiary/aromatic N) is 2. The molecule has 6 heteroatoms. The number of amides is 1. The van der Waals surface area contributed by atoms with Gasteiger partial charge in [0.15, 0.2) is 5.82 Å². The molecule has 1 atom stereocenters. The Morgan fingerprint density at radius 1 is 1.53 bits per heavy atom. The molecular formula is C13H20N4O2. The van der Waals surface area contributed by atoms with Gasteiger partial charge >= 0.3 is 0 Å². The van der Waals surface area contributed by atoms with Gasteiger partial charge in [0.25, 0.3) is 0 Å². The topological polar surface area (TPSA) is 80.0 Å². The van der Waals surface area contributed by atoms with E-state index in [1.807, 2.05) is 0 Å². The van der Waals surface area contributed by atoms with E-state index in [2.05, 4.69) is 20.8 Å². The monoisotopic (exact) mass is 264 g/mol. The molecule has 0 aromatic carbocycles. The average molecular weight is 264 g/mol. The SMILES string of the molecule is Cc1nc(CCNC(=O)C2CC23CCNCC3)no1. The third-order valence-corrected chi connectivity index (χ3v) is 4.32. The van der Waals surface area contributed by atoms with Crippen molar-refractivity contribution in [3.05, 3.63) is 11.7 Å². The van der Waals surface area contributed by atoms with Gasteiger partial charge in [0.1, 0.15) is 0 Å². The van der Waals surface area contributed by atoms with E-state index in [1.165, 1.54) is 0 Å². The van der Waals surface area contributed by atoms with Crippen LogP contribution in [0.3, 0.4) is 0 Å². The maximum Gasteiger partial charge on any atom is 0.223 e. The number of carbonyl (C=O) groups is 1. The Hall–Kier alpha value is -1.43. The van der Waals surface area contributed by atoms with E-state index in [0.29, 0.717) is 30.1 Å². The maximum absolute atomic E-state index is 12.1. The Kier molecular flexibility index (Phi) is 3.26. The number of aromatic nitrogens is 2. The van der Waals surface area contributed by atoms with Gasteiger partial charge in [0, 0.05) is 25.8 Å². The molecule has 19 heavy (non-hydrogen) atoms. The zero-order chi connectivity index (χ0) is 13.3. The Morgan fingerprint density at radius 3 is 3.00 bits per heavy atom. The molecule has 1 saturated carbocycles. The molecule has 2 N–H and O–H groups in total. The number of hydrogen-bond donors (Lipinski definition) is 2. The largest absolute Gasteiger partial charge is 0.355 e. The molecule has 2 heterocycles. The van der Waals surface area contributed by atoms with E-state index in [4.69, 9.17) is 4.52 Å². The number of aryl methyl sites for hydroxylation is 1. The van der Waals surface area contributed by atoms with Crippen LogP contribution in [0.5, 0.6) is 0 Å². The standard InChI is InChI=1S/C13H20N4O2/c1-9-16-11(17-19-9)2-5-15-12(18)10-8-13(10)3-6-14-7-4-13/h10,14H,2-8H2,1H3,(H,15,18). The zero-order valence-corrected chi connectivity index (χ0v) is 11.2. The number of carbonyl (C=O) groups excluding carboxylic acids is 1. The second kappa shape index (κ2) is 4.92. The smallest absolute Gasteiger partial charge is 0.223 e. The molecule has 0 bridgehead atoms. The third-order valence-electron chi connectivity index (χ3n) is 4.32. The van der Waals surface area contributed by atoms with Crippen molar-refractivity contribution in [2.24, 2.45) is 11.3 Å². The third kappa shape index (κ3) is 2.63. The van der Waals surface area contributed by atoms with Gasteiger partial charge in [-0.2, -0.15) is 4.98 Å². The highest BCUT2D eigenvalue weighted by Crippen LogP contribution is 2.58. The van der Waals surface area contributed by atoms with Crippen LogP contribution in [0.15, 0.2) is 4.52 Å². The minimum Gasteiger partial charge on any atom is -0.355 e. The van der Waals surface area contributed by atoms with Crippen molar-refractivity contribution in [2.45, 2.75) is 32.6 Å². The Morgan fingerprint density at radius 2 is 2.32 bits per heavy atom. The van der Waals surface area contributed by atoms with E-state index in [0.717, 1.165) is 32.4 Å². The van der Waals surface area contributed by atoms with Crippen molar-refractivity contribution in [2.75, 3.05) is 19.6 Å². The van der Waals surface area contributed by atoms with E-state index in [1.54, 1.807) is 6.92 Å². The molecule has 1 unspecified atom stereocenters. The second-order valence-corrected chi connectivity index (χ2v) is 5.64. The molecule has 1 saturated heterocycles. The summed E-state index contributed by atoms with van der Waals surface area (Å²) in [7, 11) is 0. The highest BCUT2D eigenvalue weighted by molar-refractivity contribution is 5.82. The number of nitrogens with one attached hydrogen (secondary N) is 2. The first-order valence-electron chi connectivity index (χ1n) is 6.97. The Bertz CT molecular complexity index is 465. The van der Waals surface area contributed by atoms with Crippen molar-refractivity contribution in [3.63, 3.8) is 0 Å². The van der Waals surface area contributed by atoms with Crippen molar-refractivity contribution in [3.8, 4) is 0 Å². The van der Waals surface area contributed by atoms with Crippen LogP contribution in [0.1, 0.15) is 31.0 Å². The lowest BCUT2D eigenvalue weighted by molar-refractivity contribution is -0.123. The van der Waals surface area contributed by atoms with Crippen LogP contribution < -0.4 is 10.6 Å². The summed E-state index contributed by atoms with van der Waals surface area (Å²) in [5.74, 6) is 1.64. The fourth-order valence-electron chi connectivity index (χ4n) is 3.06. The molecule has 1 aromatic heterocycles. The number of piperidine rings is 1. The lowest BCUT2D eigenvalue weighted by Gasteiger charge is -2.23. The maximum atomic E-state index is 12.1. The first-order valence-corrected chi connectivity index (χ1v) is 6.97. The lowest BCUT2D eigenvalue weighted by atomic mass is 9.92. The van der Waals surface area contributed by atoms with Crippen molar-refractivity contribution in [1.29, 1.82) is 0 Å². The minimum atomic E-state index is 0.196. The minimum absolute atomic E-state index is 0.196. The van der Waals surface area contributed by atoms with Crippen LogP contribution in [0.25, 0.3) is 0 Å². The summed E-state index contributed by atoms with van der Waals surface area (Å²) in [4.78, 5) is 16.2. The van der Waals surface area contributed by atoms with Gasteiger partial charge in [-0.1, -0.05) is 5.16 Å². The van der Waals surface area contributed by atoms with Gasteiger partial charge < -0.3 is 15.2 Å². The molecule has 1 amide bonds. The summed E-state index contributed by atoms with van der Waals surface area (Å²) >= 11 is 0. The van der Waals surface area contributed by atoms with E-state index in [-0.39, 0.29) is 11.8 Å². The normalized spacial score (nSPS) is 24.4. The van der Waals surface area contributed by atoms with Gasteiger partial charge in [-0.3, -0.25) is 4.79 Å². The molecule has 3 rings (SSSR count). The zero-order valence-electron chi connectivity index (χ0n) is 11.2. The lowest BCUT2D eigenvalue weighted by Crippen LogP contribution is -2.34. The summed E-state index contributed by atoms with van der Waals surface area (Å²) in [6.45, 7) is 4.45. The van der Waals surface area contributed by atoms with Gasteiger partial charge in [0.2, 0.25) is 11.8 Å². The Labute approximate surface area is 112 Å². The van der Waals surface area contributed by atoms with Crippen molar-refractivity contribution in [1.82, 2.24) is 20.8 Å². The molecular weight excluding hydrogens is 244 g/mol. The van der Waals surface area contributed by atoms with Crippen LogP contribution in [0.2, 0.25) is 0 Å². The van der Waals surface area contributed by atoms with Crippen LogP contribution in [-0.4, -0.2) is 35.7 Å². The molecule has 2 aliphatic rings. The summed E-state index contributed by atoms with van der Waals surface area (Å²) in [5, 5.41) is 10.2. The van der Waals surface area contributed by atoms with Crippen LogP contribution >= 0.6 is 0 Å². The number of rotatable bonds is 4. The van der Waals surface area contributed by atoms with Crippen LogP contribution in [-0.2, 0) is 11.2 Å². The molecule has 1 aliphatic heterocycles. The quantitative estimate of drug-likeness (QED) is 0.824. The number of hydrogen-bond acceptors (Lipinski definition) is 5. The van der Waals surface area contributed by atoms with Gasteiger partial charge in [-0.25, -0.2) is 0 Å². The van der Waals surface area contributed by atoms with Crippen LogP contribution in [0, 0.1) is 18.3 Å². The van der Waals surface area contributed by atoms with E-state index in [9.17, 15) is 4.79 Å².